The van der Waals surface area contributed by atoms with E-state index in [2.05, 4.69) is 43.7 Å². The first kappa shape index (κ1) is 28.8. The molecule has 1 amide bonds. The zero-order chi connectivity index (χ0) is 30.0. The van der Waals surface area contributed by atoms with Crippen LogP contribution in [0.5, 0.6) is 5.88 Å². The number of piperidine rings is 1. The Balaban J connectivity index is 1.16. The first-order valence-electron chi connectivity index (χ1n) is 16.4. The zero-order valence-electron chi connectivity index (χ0n) is 26.0. The molecule has 10 heteroatoms. The average Bonchev–Trinajstić information content (AvgIpc) is 3.73. The first-order chi connectivity index (χ1) is 21.5. The normalized spacial score (nSPS) is 22.0. The van der Waals surface area contributed by atoms with Crippen LogP contribution in [-0.2, 0) is 7.05 Å². The molecule has 1 aliphatic carbocycles. The SMILES string of the molecule is Cc1cc2cc(n1)-c1cnn(C)c1OCCC[C@@H](C1CC1)CN1/C(=N/C2=O)Nc2ccc(NCCCN3CCCCC3)cc21. The zero-order valence-corrected chi connectivity index (χ0v) is 26.0. The van der Waals surface area contributed by atoms with Gasteiger partial charge in [0.1, 0.15) is 0 Å². The topological polar surface area (TPSA) is 99.9 Å². The van der Waals surface area contributed by atoms with Crippen molar-refractivity contribution in [3.05, 3.63) is 47.8 Å². The van der Waals surface area contributed by atoms with E-state index in [9.17, 15) is 4.79 Å². The largest absolute Gasteiger partial charge is 0.477 e. The van der Waals surface area contributed by atoms with Crippen LogP contribution in [0.15, 0.2) is 41.5 Å². The van der Waals surface area contributed by atoms with Crippen LogP contribution in [0, 0.1) is 18.8 Å². The van der Waals surface area contributed by atoms with Crippen molar-refractivity contribution in [2.45, 2.75) is 58.3 Å². The number of hydrogen-bond acceptors (Lipinski definition) is 8. The average molecular weight is 597 g/mol. The number of likely N-dealkylation sites (tertiary alicyclic amines) is 1. The molecule has 44 heavy (non-hydrogen) atoms. The van der Waals surface area contributed by atoms with E-state index < -0.39 is 0 Å². The molecule has 1 atom stereocenters. The minimum Gasteiger partial charge on any atom is -0.477 e. The lowest BCUT2D eigenvalue weighted by atomic mass is 9.97. The Morgan fingerprint density at radius 2 is 1.91 bits per heavy atom. The number of carbonyl (C=O) groups excluding carboxylic acids is 1. The number of guanidine groups is 1. The molecule has 0 unspecified atom stereocenters. The number of aliphatic imine (C=N–C) groups is 1. The minimum atomic E-state index is -0.294. The number of hydrogen-bond donors (Lipinski definition) is 2. The fourth-order valence-corrected chi connectivity index (χ4v) is 6.92. The highest BCUT2D eigenvalue weighted by molar-refractivity contribution is 6.19. The Kier molecular flexibility index (Phi) is 8.25. The molecule has 3 aliphatic heterocycles. The predicted molar refractivity (Wildman–Crippen MR) is 175 cm³/mol. The Hall–Kier alpha value is -3.92. The molecule has 1 saturated carbocycles. The molecule has 4 aliphatic rings. The van der Waals surface area contributed by atoms with Gasteiger partial charge in [0, 0.05) is 37.1 Å². The second kappa shape index (κ2) is 12.6. The predicted octanol–water partition coefficient (Wildman–Crippen LogP) is 5.71. The number of carbonyl (C=O) groups is 1. The summed E-state index contributed by atoms with van der Waals surface area (Å²) in [5.41, 5.74) is 5.86. The van der Waals surface area contributed by atoms with Gasteiger partial charge in [0.25, 0.3) is 5.91 Å². The Morgan fingerprint density at radius 3 is 2.75 bits per heavy atom. The molecule has 10 nitrogen and oxygen atoms in total. The first-order valence-corrected chi connectivity index (χ1v) is 16.4. The third-order valence-electron chi connectivity index (χ3n) is 9.45. The molecular weight excluding hydrogens is 552 g/mol. The highest BCUT2D eigenvalue weighted by Crippen LogP contribution is 2.43. The molecule has 2 bridgehead atoms. The quantitative estimate of drug-likeness (QED) is 0.350. The molecule has 2 fully saturated rings. The van der Waals surface area contributed by atoms with Crippen LogP contribution in [-0.4, -0.2) is 70.9 Å². The number of aryl methyl sites for hydroxylation is 2. The lowest BCUT2D eigenvalue weighted by Gasteiger charge is -2.26. The molecule has 0 spiro atoms. The minimum absolute atomic E-state index is 0.294. The lowest BCUT2D eigenvalue weighted by Crippen LogP contribution is -2.36. The van der Waals surface area contributed by atoms with Crippen molar-refractivity contribution in [1.29, 1.82) is 0 Å². The van der Waals surface area contributed by atoms with Crippen LogP contribution in [0.1, 0.15) is 67.4 Å². The maximum Gasteiger partial charge on any atom is 0.280 e. The summed E-state index contributed by atoms with van der Waals surface area (Å²) in [6.07, 6.45) is 11.4. The summed E-state index contributed by atoms with van der Waals surface area (Å²) in [5.74, 6) is 2.16. The number of rotatable bonds is 6. The number of anilines is 3. The van der Waals surface area contributed by atoms with E-state index in [1.54, 1.807) is 23.0 Å². The van der Waals surface area contributed by atoms with Gasteiger partial charge in [0.05, 0.1) is 35.4 Å². The molecule has 232 valence electrons. The van der Waals surface area contributed by atoms with Gasteiger partial charge in [0.15, 0.2) is 0 Å². The fraction of sp³-hybridized carbons (Fsp3) is 0.529. The highest BCUT2D eigenvalue weighted by atomic mass is 16.5. The summed E-state index contributed by atoms with van der Waals surface area (Å²) in [5, 5.41) is 11.6. The van der Waals surface area contributed by atoms with E-state index >= 15 is 0 Å². The summed E-state index contributed by atoms with van der Waals surface area (Å²) < 4.78 is 8.04. The third kappa shape index (κ3) is 6.31. The number of ether oxygens (including phenoxy) is 1. The van der Waals surface area contributed by atoms with Crippen LogP contribution in [0.25, 0.3) is 11.3 Å². The van der Waals surface area contributed by atoms with Crippen molar-refractivity contribution in [3.8, 4) is 17.1 Å². The van der Waals surface area contributed by atoms with Crippen LogP contribution in [0.2, 0.25) is 0 Å². The number of pyridine rings is 1. The summed E-state index contributed by atoms with van der Waals surface area (Å²) in [6.45, 7) is 7.87. The van der Waals surface area contributed by atoms with Gasteiger partial charge >= 0.3 is 0 Å². The second-order valence-corrected chi connectivity index (χ2v) is 12.8. The highest BCUT2D eigenvalue weighted by Gasteiger charge is 2.36. The van der Waals surface area contributed by atoms with Gasteiger partial charge in [-0.25, -0.2) is 4.68 Å². The van der Waals surface area contributed by atoms with Crippen LogP contribution in [0.3, 0.4) is 0 Å². The molecule has 3 aromatic rings. The Labute approximate surface area is 259 Å². The number of benzene rings is 1. The second-order valence-electron chi connectivity index (χ2n) is 12.8. The number of fused-ring (bicyclic) bond motifs is 7. The van der Waals surface area contributed by atoms with E-state index in [1.165, 1.54) is 45.2 Å². The maximum atomic E-state index is 13.7. The summed E-state index contributed by atoms with van der Waals surface area (Å²) in [4.78, 5) is 28.0. The van der Waals surface area contributed by atoms with Crippen LogP contribution >= 0.6 is 0 Å². The van der Waals surface area contributed by atoms with Crippen molar-refractivity contribution >= 4 is 28.9 Å². The van der Waals surface area contributed by atoms with E-state index in [1.807, 2.05) is 14.0 Å². The van der Waals surface area contributed by atoms with Crippen molar-refractivity contribution in [2.24, 2.45) is 23.9 Å². The van der Waals surface area contributed by atoms with E-state index in [-0.39, 0.29) is 5.91 Å². The third-order valence-corrected chi connectivity index (χ3v) is 9.45. The van der Waals surface area contributed by atoms with Gasteiger partial charge < -0.3 is 25.2 Å². The van der Waals surface area contributed by atoms with E-state index in [4.69, 9.17) is 14.7 Å². The molecule has 2 N–H and O–H groups in total. The Morgan fingerprint density at radius 1 is 1.05 bits per heavy atom. The monoisotopic (exact) mass is 596 g/mol. The molecule has 7 rings (SSSR count). The van der Waals surface area contributed by atoms with Crippen LogP contribution in [0.4, 0.5) is 17.1 Å². The number of aromatic nitrogens is 3. The molecule has 2 aromatic heterocycles. The smallest absolute Gasteiger partial charge is 0.280 e. The number of amides is 1. The number of nitrogens with zero attached hydrogens (tertiary/aromatic N) is 6. The maximum absolute atomic E-state index is 13.7. The van der Waals surface area contributed by atoms with Gasteiger partial charge in [0.2, 0.25) is 11.8 Å². The lowest BCUT2D eigenvalue weighted by molar-refractivity contribution is 0.100. The van der Waals surface area contributed by atoms with Crippen molar-refractivity contribution in [2.75, 3.05) is 54.9 Å². The van der Waals surface area contributed by atoms with Gasteiger partial charge in [-0.15, -0.1) is 0 Å². The van der Waals surface area contributed by atoms with Gasteiger partial charge in [-0.1, -0.05) is 6.42 Å². The van der Waals surface area contributed by atoms with Crippen molar-refractivity contribution in [1.82, 2.24) is 19.7 Å². The molecule has 5 heterocycles. The van der Waals surface area contributed by atoms with Crippen LogP contribution < -0.4 is 20.3 Å². The Bertz CT molecular complexity index is 1540. The summed E-state index contributed by atoms with van der Waals surface area (Å²) in [6, 6.07) is 10.1. The molecule has 1 aromatic carbocycles. The summed E-state index contributed by atoms with van der Waals surface area (Å²) >= 11 is 0. The summed E-state index contributed by atoms with van der Waals surface area (Å²) in [7, 11) is 1.88. The van der Waals surface area contributed by atoms with Gasteiger partial charge in [-0.3, -0.25) is 9.78 Å². The van der Waals surface area contributed by atoms with Gasteiger partial charge in [-0.05, 0) is 114 Å². The van der Waals surface area contributed by atoms with E-state index in [0.717, 1.165) is 67.2 Å². The standard InChI is InChI=1S/C34H44N8O2/c1-23-18-26-19-30(37-23)28-21-36-40(2)33(28)44-17-6-8-25(24-9-10-24)22-42-31-20-27(11-12-29(31)38-34(42)39-32(26)43)35-13-7-16-41-14-4-3-5-15-41/h11-12,18-21,24-25,35H,3-10,13-17,22H2,1-2H3,(H,38,39,43)/t25-/m1/s1. The fourth-order valence-electron chi connectivity index (χ4n) is 6.92. The van der Waals surface area contributed by atoms with Gasteiger partial charge in [-0.2, -0.15) is 10.1 Å². The molecule has 0 radical (unpaired) electrons. The van der Waals surface area contributed by atoms with E-state index in [0.29, 0.717) is 41.5 Å². The number of nitrogens with one attached hydrogen (secondary N) is 2. The molecular formula is C34H44N8O2. The molecule has 1 saturated heterocycles. The van der Waals surface area contributed by atoms with Crippen molar-refractivity contribution in [3.63, 3.8) is 0 Å². The van der Waals surface area contributed by atoms with Crippen molar-refractivity contribution < 1.29 is 9.53 Å².